The van der Waals surface area contributed by atoms with Gasteiger partial charge in [-0.25, -0.2) is 4.98 Å². The molecule has 2 aromatic heterocycles. The largest absolute Gasteiger partial charge is 0.305 e. The van der Waals surface area contributed by atoms with Crippen molar-refractivity contribution in [2.24, 2.45) is 0 Å². The van der Waals surface area contributed by atoms with Crippen molar-refractivity contribution in [3.63, 3.8) is 0 Å². The number of aromatic nitrogens is 2. The maximum Gasteiger partial charge on any atom is 0.194 e. The van der Waals surface area contributed by atoms with E-state index in [2.05, 4.69) is 39.3 Å². The molecular weight excluding hydrogens is 280 g/mol. The van der Waals surface area contributed by atoms with Crippen LogP contribution in [0.1, 0.15) is 35.5 Å². The van der Waals surface area contributed by atoms with Crippen LogP contribution in [0.3, 0.4) is 0 Å². The van der Waals surface area contributed by atoms with Gasteiger partial charge in [0.15, 0.2) is 4.96 Å². The van der Waals surface area contributed by atoms with Crippen LogP contribution in [0, 0.1) is 18.3 Å². The van der Waals surface area contributed by atoms with Gasteiger partial charge in [-0.1, -0.05) is 12.1 Å². The lowest BCUT2D eigenvalue weighted by molar-refractivity contribution is 0.564. The minimum atomic E-state index is 0.223. The Morgan fingerprint density at radius 3 is 2.86 bits per heavy atom. The quantitative estimate of drug-likeness (QED) is 0.802. The molecule has 1 unspecified atom stereocenters. The Morgan fingerprint density at radius 2 is 2.14 bits per heavy atom. The molecule has 1 N–H and O–H groups in total. The standard InChI is InChI=1S/C16H16N4S/c1-11(14-5-3-13(9-17)4-6-14)18-10-15-12(2)19-16-20(15)7-8-21-16/h3-8,11,18H,10H2,1-2H3. The molecule has 106 valence electrons. The van der Waals surface area contributed by atoms with Gasteiger partial charge >= 0.3 is 0 Å². The first-order valence-electron chi connectivity index (χ1n) is 6.83. The second kappa shape index (κ2) is 5.68. The van der Waals surface area contributed by atoms with Crippen LogP contribution in [0.5, 0.6) is 0 Å². The van der Waals surface area contributed by atoms with Crippen LogP contribution in [0.2, 0.25) is 0 Å². The van der Waals surface area contributed by atoms with Gasteiger partial charge in [0.2, 0.25) is 0 Å². The van der Waals surface area contributed by atoms with Crippen molar-refractivity contribution < 1.29 is 0 Å². The molecule has 0 saturated heterocycles. The summed E-state index contributed by atoms with van der Waals surface area (Å²) in [6, 6.07) is 10.1. The Labute approximate surface area is 127 Å². The van der Waals surface area contributed by atoms with Crippen LogP contribution >= 0.6 is 11.3 Å². The Morgan fingerprint density at radius 1 is 1.38 bits per heavy atom. The zero-order valence-corrected chi connectivity index (χ0v) is 12.8. The third kappa shape index (κ3) is 2.68. The first-order chi connectivity index (χ1) is 10.2. The summed E-state index contributed by atoms with van der Waals surface area (Å²) >= 11 is 1.65. The molecule has 1 atom stereocenters. The maximum absolute atomic E-state index is 8.83. The van der Waals surface area contributed by atoms with E-state index in [9.17, 15) is 0 Å². The molecule has 0 aliphatic carbocycles. The molecule has 0 spiro atoms. The summed E-state index contributed by atoms with van der Waals surface area (Å²) in [5.41, 5.74) is 4.14. The molecule has 0 bridgehead atoms. The average molecular weight is 296 g/mol. The smallest absolute Gasteiger partial charge is 0.194 e. The summed E-state index contributed by atoms with van der Waals surface area (Å²) in [5, 5.41) is 14.4. The van der Waals surface area contributed by atoms with Gasteiger partial charge in [0, 0.05) is 24.2 Å². The van der Waals surface area contributed by atoms with E-state index in [4.69, 9.17) is 5.26 Å². The summed E-state index contributed by atoms with van der Waals surface area (Å²) in [5.74, 6) is 0. The molecule has 1 aromatic carbocycles. The van der Waals surface area contributed by atoms with Crippen molar-refractivity contribution in [3.8, 4) is 6.07 Å². The Bertz CT molecular complexity index is 792. The zero-order valence-electron chi connectivity index (χ0n) is 12.0. The van der Waals surface area contributed by atoms with Crippen LogP contribution in [-0.4, -0.2) is 9.38 Å². The number of nitrogens with zero attached hydrogens (tertiary/aromatic N) is 3. The lowest BCUT2D eigenvalue weighted by Gasteiger charge is -2.14. The van der Waals surface area contributed by atoms with Crippen molar-refractivity contribution in [1.82, 2.24) is 14.7 Å². The highest BCUT2D eigenvalue weighted by molar-refractivity contribution is 7.15. The fraction of sp³-hybridized carbons (Fsp3) is 0.250. The van der Waals surface area contributed by atoms with Gasteiger partial charge in [-0.2, -0.15) is 5.26 Å². The number of nitrogens with one attached hydrogen (secondary N) is 1. The summed E-state index contributed by atoms with van der Waals surface area (Å²) in [6.45, 7) is 4.94. The Hall–Kier alpha value is -2.16. The lowest BCUT2D eigenvalue weighted by atomic mass is 10.1. The number of hydrogen-bond acceptors (Lipinski definition) is 4. The van der Waals surface area contributed by atoms with E-state index in [1.165, 1.54) is 11.3 Å². The normalized spacial score (nSPS) is 12.4. The number of imidazole rings is 1. The summed E-state index contributed by atoms with van der Waals surface area (Å²) in [4.78, 5) is 5.59. The molecule has 0 fully saturated rings. The van der Waals surface area contributed by atoms with E-state index in [1.807, 2.05) is 31.2 Å². The van der Waals surface area contributed by atoms with Crippen molar-refractivity contribution >= 4 is 16.3 Å². The number of rotatable bonds is 4. The van der Waals surface area contributed by atoms with Crippen molar-refractivity contribution in [2.75, 3.05) is 0 Å². The second-order valence-corrected chi connectivity index (χ2v) is 5.91. The van der Waals surface area contributed by atoms with E-state index in [0.717, 1.165) is 17.2 Å². The van der Waals surface area contributed by atoms with Gasteiger partial charge in [0.25, 0.3) is 0 Å². The molecule has 0 radical (unpaired) electrons. The SMILES string of the molecule is Cc1nc2sccn2c1CNC(C)c1ccc(C#N)cc1. The van der Waals surface area contributed by atoms with Crippen molar-refractivity contribution in [2.45, 2.75) is 26.4 Å². The molecule has 21 heavy (non-hydrogen) atoms. The van der Waals surface area contributed by atoms with Crippen LogP contribution in [0.4, 0.5) is 0 Å². The Kier molecular flexibility index (Phi) is 3.74. The molecule has 3 rings (SSSR count). The van der Waals surface area contributed by atoms with Crippen molar-refractivity contribution in [3.05, 3.63) is 58.4 Å². The minimum Gasteiger partial charge on any atom is -0.305 e. The molecule has 0 saturated carbocycles. The number of thiazole rings is 1. The predicted molar refractivity (Wildman–Crippen MR) is 84.2 cm³/mol. The third-order valence-corrected chi connectivity index (χ3v) is 4.43. The number of nitriles is 1. The van der Waals surface area contributed by atoms with E-state index in [1.54, 1.807) is 11.3 Å². The molecule has 5 heteroatoms. The third-order valence-electron chi connectivity index (χ3n) is 3.68. The summed E-state index contributed by atoms with van der Waals surface area (Å²) < 4.78 is 2.14. The monoisotopic (exact) mass is 296 g/mol. The van der Waals surface area contributed by atoms with Crippen molar-refractivity contribution in [1.29, 1.82) is 5.26 Å². The van der Waals surface area contributed by atoms with E-state index >= 15 is 0 Å². The van der Waals surface area contributed by atoms with Gasteiger partial charge in [0.05, 0.1) is 23.0 Å². The first kappa shape index (κ1) is 13.8. The van der Waals surface area contributed by atoms with Crippen LogP contribution in [0.15, 0.2) is 35.8 Å². The van der Waals surface area contributed by atoms with Crippen LogP contribution < -0.4 is 5.32 Å². The fourth-order valence-electron chi connectivity index (χ4n) is 2.37. The fourth-order valence-corrected chi connectivity index (χ4v) is 3.15. The molecule has 0 aliphatic heterocycles. The average Bonchev–Trinajstić information content (AvgIpc) is 3.06. The minimum absolute atomic E-state index is 0.223. The highest BCUT2D eigenvalue weighted by Crippen LogP contribution is 2.18. The Balaban J connectivity index is 1.73. The lowest BCUT2D eigenvalue weighted by Crippen LogP contribution is -2.19. The van der Waals surface area contributed by atoms with E-state index < -0.39 is 0 Å². The summed E-state index contributed by atoms with van der Waals surface area (Å²) in [6.07, 6.45) is 2.06. The first-order valence-corrected chi connectivity index (χ1v) is 7.71. The topological polar surface area (TPSA) is 53.1 Å². The molecule has 0 aliphatic rings. The number of benzene rings is 1. The maximum atomic E-state index is 8.83. The van der Waals surface area contributed by atoms with Gasteiger partial charge in [0.1, 0.15) is 0 Å². The molecule has 4 nitrogen and oxygen atoms in total. The highest BCUT2D eigenvalue weighted by Gasteiger charge is 2.11. The number of hydrogen-bond donors (Lipinski definition) is 1. The number of aryl methyl sites for hydroxylation is 1. The molecular formula is C16H16N4S. The number of fused-ring (bicyclic) bond motifs is 1. The van der Waals surface area contributed by atoms with Gasteiger partial charge in [-0.3, -0.25) is 4.40 Å². The van der Waals surface area contributed by atoms with Crippen LogP contribution in [0.25, 0.3) is 4.96 Å². The predicted octanol–water partition coefficient (Wildman–Crippen LogP) is 3.43. The second-order valence-electron chi connectivity index (χ2n) is 5.04. The van der Waals surface area contributed by atoms with Crippen LogP contribution in [-0.2, 0) is 6.54 Å². The zero-order chi connectivity index (χ0) is 14.8. The summed E-state index contributed by atoms with van der Waals surface area (Å²) in [7, 11) is 0. The van der Waals surface area contributed by atoms with Gasteiger partial charge < -0.3 is 5.32 Å². The van der Waals surface area contributed by atoms with E-state index in [0.29, 0.717) is 5.56 Å². The molecule has 2 heterocycles. The molecule has 0 amide bonds. The molecule has 3 aromatic rings. The van der Waals surface area contributed by atoms with E-state index in [-0.39, 0.29) is 6.04 Å². The highest BCUT2D eigenvalue weighted by atomic mass is 32.1. The van der Waals surface area contributed by atoms with Gasteiger partial charge in [-0.05, 0) is 31.5 Å². The van der Waals surface area contributed by atoms with Gasteiger partial charge in [-0.15, -0.1) is 11.3 Å².